The van der Waals surface area contributed by atoms with Gasteiger partial charge in [-0.25, -0.2) is 0 Å². The Morgan fingerprint density at radius 2 is 2.18 bits per heavy atom. The number of hydrogen-bond acceptors (Lipinski definition) is 3. The lowest BCUT2D eigenvalue weighted by atomic mass is 9.89. The molecule has 0 radical (unpaired) electrons. The van der Waals surface area contributed by atoms with Crippen molar-refractivity contribution >= 4 is 5.78 Å². The third-order valence-corrected chi connectivity index (χ3v) is 3.22. The molecule has 0 saturated carbocycles. The number of hydrogen-bond donors (Lipinski definition) is 1. The standard InChI is InChI=1S/C13H23N3O/c1-5-10-6-11(16(4)15-10)7-13(17)12(8-14)9(2)3/h6,9,12H,5,7-8,14H2,1-4H3. The van der Waals surface area contributed by atoms with E-state index < -0.39 is 0 Å². The molecular weight excluding hydrogens is 214 g/mol. The maximum absolute atomic E-state index is 12.1. The van der Waals surface area contributed by atoms with Gasteiger partial charge in [0.05, 0.1) is 5.69 Å². The minimum Gasteiger partial charge on any atom is -0.330 e. The van der Waals surface area contributed by atoms with Gasteiger partial charge in [-0.15, -0.1) is 0 Å². The molecule has 1 rings (SSSR count). The van der Waals surface area contributed by atoms with Crippen molar-refractivity contribution in [1.29, 1.82) is 0 Å². The van der Waals surface area contributed by atoms with Crippen LogP contribution in [0.2, 0.25) is 0 Å². The zero-order valence-electron chi connectivity index (χ0n) is 11.2. The number of carbonyl (C=O) groups is 1. The lowest BCUT2D eigenvalue weighted by Gasteiger charge is -2.17. The molecule has 0 spiro atoms. The molecule has 1 atom stereocenters. The molecule has 0 bridgehead atoms. The van der Waals surface area contributed by atoms with E-state index in [0.29, 0.717) is 18.9 Å². The smallest absolute Gasteiger partial charge is 0.143 e. The molecule has 1 unspecified atom stereocenters. The molecular formula is C13H23N3O. The maximum atomic E-state index is 12.1. The number of ketones is 1. The molecule has 1 aromatic heterocycles. The highest BCUT2D eigenvalue weighted by molar-refractivity contribution is 5.83. The van der Waals surface area contributed by atoms with E-state index in [1.54, 1.807) is 4.68 Å². The van der Waals surface area contributed by atoms with Gasteiger partial charge in [-0.3, -0.25) is 9.48 Å². The van der Waals surface area contributed by atoms with E-state index in [2.05, 4.69) is 12.0 Å². The van der Waals surface area contributed by atoms with Crippen LogP contribution < -0.4 is 5.73 Å². The van der Waals surface area contributed by atoms with Crippen LogP contribution in [0.1, 0.15) is 32.2 Å². The van der Waals surface area contributed by atoms with Crippen molar-refractivity contribution in [3.05, 3.63) is 17.5 Å². The lowest BCUT2D eigenvalue weighted by molar-refractivity contribution is -0.123. The number of aromatic nitrogens is 2. The van der Waals surface area contributed by atoms with Crippen molar-refractivity contribution in [2.75, 3.05) is 6.54 Å². The van der Waals surface area contributed by atoms with E-state index in [0.717, 1.165) is 17.8 Å². The molecule has 4 heteroatoms. The molecule has 4 nitrogen and oxygen atoms in total. The van der Waals surface area contributed by atoms with Gasteiger partial charge in [0.1, 0.15) is 5.78 Å². The SMILES string of the molecule is CCc1cc(CC(=O)C(CN)C(C)C)n(C)n1. The highest BCUT2D eigenvalue weighted by Gasteiger charge is 2.21. The molecule has 0 amide bonds. The number of aryl methyl sites for hydroxylation is 2. The summed E-state index contributed by atoms with van der Waals surface area (Å²) in [6.07, 6.45) is 1.33. The first-order chi connectivity index (χ1) is 7.99. The van der Waals surface area contributed by atoms with Gasteiger partial charge in [-0.2, -0.15) is 5.10 Å². The Morgan fingerprint density at radius 1 is 1.53 bits per heavy atom. The zero-order chi connectivity index (χ0) is 13.0. The van der Waals surface area contributed by atoms with E-state index in [4.69, 9.17) is 5.73 Å². The Morgan fingerprint density at radius 3 is 2.59 bits per heavy atom. The number of rotatable bonds is 6. The maximum Gasteiger partial charge on any atom is 0.143 e. The van der Waals surface area contributed by atoms with Gasteiger partial charge in [0.25, 0.3) is 0 Å². The van der Waals surface area contributed by atoms with Crippen LogP contribution in [-0.2, 0) is 24.7 Å². The number of carbonyl (C=O) groups excluding carboxylic acids is 1. The minimum atomic E-state index is -0.0463. The summed E-state index contributed by atoms with van der Waals surface area (Å²) in [6.45, 7) is 6.56. The highest BCUT2D eigenvalue weighted by Crippen LogP contribution is 2.14. The highest BCUT2D eigenvalue weighted by atomic mass is 16.1. The minimum absolute atomic E-state index is 0.0463. The van der Waals surface area contributed by atoms with Crippen LogP contribution in [0.15, 0.2) is 6.07 Å². The van der Waals surface area contributed by atoms with Gasteiger partial charge in [-0.05, 0) is 18.4 Å². The quantitative estimate of drug-likeness (QED) is 0.812. The molecule has 0 aliphatic rings. The van der Waals surface area contributed by atoms with E-state index in [9.17, 15) is 4.79 Å². The lowest BCUT2D eigenvalue weighted by Crippen LogP contribution is -2.30. The van der Waals surface area contributed by atoms with Crippen LogP contribution in [-0.4, -0.2) is 22.1 Å². The van der Waals surface area contributed by atoms with Crippen molar-refractivity contribution in [2.24, 2.45) is 24.6 Å². The summed E-state index contributed by atoms with van der Waals surface area (Å²) in [5.41, 5.74) is 7.66. The first kappa shape index (κ1) is 13.9. The van der Waals surface area contributed by atoms with Crippen LogP contribution in [0.5, 0.6) is 0 Å². The molecule has 0 saturated heterocycles. The van der Waals surface area contributed by atoms with Crippen LogP contribution in [0, 0.1) is 11.8 Å². The molecule has 0 aliphatic carbocycles. The Kier molecular flexibility index (Phi) is 4.87. The second-order valence-corrected chi connectivity index (χ2v) is 4.83. The van der Waals surface area contributed by atoms with E-state index in [-0.39, 0.29) is 11.7 Å². The van der Waals surface area contributed by atoms with E-state index in [1.165, 1.54) is 0 Å². The largest absolute Gasteiger partial charge is 0.330 e. The van der Waals surface area contributed by atoms with Crippen LogP contribution in [0.3, 0.4) is 0 Å². The molecule has 1 heterocycles. The second-order valence-electron chi connectivity index (χ2n) is 4.83. The number of nitrogens with zero attached hydrogens (tertiary/aromatic N) is 2. The number of nitrogens with two attached hydrogens (primary N) is 1. The van der Waals surface area contributed by atoms with Crippen molar-refractivity contribution in [2.45, 2.75) is 33.6 Å². The van der Waals surface area contributed by atoms with Crippen molar-refractivity contribution in [3.63, 3.8) is 0 Å². The summed E-state index contributed by atoms with van der Waals surface area (Å²) < 4.78 is 1.80. The Hall–Kier alpha value is -1.16. The number of Topliss-reactive ketones (excluding diaryl/α,β-unsaturated/α-hetero) is 1. The van der Waals surface area contributed by atoms with E-state index >= 15 is 0 Å². The fourth-order valence-corrected chi connectivity index (χ4v) is 1.99. The summed E-state index contributed by atoms with van der Waals surface area (Å²) in [6, 6.07) is 2.01. The summed E-state index contributed by atoms with van der Waals surface area (Å²) in [4.78, 5) is 12.1. The fraction of sp³-hybridized carbons (Fsp3) is 0.692. The average Bonchev–Trinajstić information content (AvgIpc) is 2.60. The first-order valence-corrected chi connectivity index (χ1v) is 6.24. The van der Waals surface area contributed by atoms with Crippen LogP contribution in [0.25, 0.3) is 0 Å². The predicted octanol–water partition coefficient (Wildman–Crippen LogP) is 1.32. The van der Waals surface area contributed by atoms with Crippen LogP contribution >= 0.6 is 0 Å². The Bertz CT molecular complexity index is 382. The zero-order valence-corrected chi connectivity index (χ0v) is 11.2. The van der Waals surface area contributed by atoms with Gasteiger partial charge in [-0.1, -0.05) is 20.8 Å². The topological polar surface area (TPSA) is 60.9 Å². The molecule has 1 aromatic rings. The Balaban J connectivity index is 2.76. The van der Waals surface area contributed by atoms with Gasteiger partial charge < -0.3 is 5.73 Å². The van der Waals surface area contributed by atoms with Crippen LogP contribution in [0.4, 0.5) is 0 Å². The van der Waals surface area contributed by atoms with Crippen molar-refractivity contribution < 1.29 is 4.79 Å². The monoisotopic (exact) mass is 237 g/mol. The summed E-state index contributed by atoms with van der Waals surface area (Å²) in [5.74, 6) is 0.467. The molecule has 96 valence electrons. The third-order valence-electron chi connectivity index (χ3n) is 3.22. The second kappa shape index (κ2) is 5.96. The summed E-state index contributed by atoms with van der Waals surface area (Å²) in [5, 5.41) is 4.35. The molecule has 0 fully saturated rings. The summed E-state index contributed by atoms with van der Waals surface area (Å²) in [7, 11) is 1.88. The van der Waals surface area contributed by atoms with Gasteiger partial charge in [0, 0.05) is 31.6 Å². The fourth-order valence-electron chi connectivity index (χ4n) is 1.99. The molecule has 17 heavy (non-hydrogen) atoms. The van der Waals surface area contributed by atoms with Crippen molar-refractivity contribution in [1.82, 2.24) is 9.78 Å². The molecule has 0 aliphatic heterocycles. The third kappa shape index (κ3) is 3.40. The summed E-state index contributed by atoms with van der Waals surface area (Å²) >= 11 is 0. The van der Waals surface area contributed by atoms with Gasteiger partial charge in [0.2, 0.25) is 0 Å². The Labute approximate surface area is 103 Å². The van der Waals surface area contributed by atoms with Crippen molar-refractivity contribution in [3.8, 4) is 0 Å². The van der Waals surface area contributed by atoms with Gasteiger partial charge >= 0.3 is 0 Å². The first-order valence-electron chi connectivity index (χ1n) is 6.24. The van der Waals surface area contributed by atoms with Gasteiger partial charge in [0.15, 0.2) is 0 Å². The normalized spacial score (nSPS) is 13.1. The molecule has 0 aromatic carbocycles. The average molecular weight is 237 g/mol. The van der Waals surface area contributed by atoms with E-state index in [1.807, 2.05) is 27.0 Å². The molecule has 2 N–H and O–H groups in total. The predicted molar refractivity (Wildman–Crippen MR) is 68.7 cm³/mol.